The second-order valence-electron chi connectivity index (χ2n) is 3.89. The molecule has 0 saturated heterocycles. The fourth-order valence-electron chi connectivity index (χ4n) is 1.36. The summed E-state index contributed by atoms with van der Waals surface area (Å²) in [4.78, 5) is 12.9. The summed E-state index contributed by atoms with van der Waals surface area (Å²) in [5.41, 5.74) is 0. The number of urea groups is 1. The lowest BCUT2D eigenvalue weighted by atomic mass is 10.3. The second-order valence-corrected chi connectivity index (χ2v) is 3.89. The Morgan fingerprint density at radius 2 is 2.11 bits per heavy atom. The van der Waals surface area contributed by atoms with Gasteiger partial charge in [-0.05, 0) is 18.6 Å². The van der Waals surface area contributed by atoms with Gasteiger partial charge in [0.05, 0.1) is 13.2 Å². The van der Waals surface area contributed by atoms with Crippen LogP contribution in [0, 0.1) is 0 Å². The van der Waals surface area contributed by atoms with Crippen LogP contribution < -0.4 is 10.1 Å². The summed E-state index contributed by atoms with van der Waals surface area (Å²) in [7, 11) is 1.64. The Kier molecular flexibility index (Phi) is 6.64. The fraction of sp³-hybridized carbons (Fsp3) is 0.462. The van der Waals surface area contributed by atoms with Crippen LogP contribution in [0.2, 0.25) is 0 Å². The summed E-state index contributed by atoms with van der Waals surface area (Å²) in [5, 5.41) is 11.4. The van der Waals surface area contributed by atoms with Gasteiger partial charge in [-0.2, -0.15) is 0 Å². The van der Waals surface area contributed by atoms with Crippen molar-refractivity contribution in [3.8, 4) is 5.75 Å². The standard InChI is InChI=1S/C13H20N2O3/c1-15(9-10-16)13(17)14-8-5-11-18-12-6-3-2-4-7-12/h2-4,6-7,16H,5,8-11H2,1H3,(H,14,17). The number of benzene rings is 1. The molecule has 100 valence electrons. The highest BCUT2D eigenvalue weighted by atomic mass is 16.5. The first-order valence-electron chi connectivity index (χ1n) is 6.01. The van der Waals surface area contributed by atoms with Gasteiger partial charge in [-0.3, -0.25) is 0 Å². The highest BCUT2D eigenvalue weighted by Gasteiger charge is 2.05. The lowest BCUT2D eigenvalue weighted by molar-refractivity contribution is 0.189. The first-order chi connectivity index (χ1) is 8.74. The van der Waals surface area contributed by atoms with Crippen molar-refractivity contribution in [3.05, 3.63) is 30.3 Å². The SMILES string of the molecule is CN(CCO)C(=O)NCCCOc1ccccc1. The van der Waals surface area contributed by atoms with Gasteiger partial charge in [0.1, 0.15) is 5.75 Å². The van der Waals surface area contributed by atoms with E-state index < -0.39 is 0 Å². The quantitative estimate of drug-likeness (QED) is 0.714. The normalized spacial score (nSPS) is 9.89. The van der Waals surface area contributed by atoms with Crippen LogP contribution in [-0.2, 0) is 0 Å². The highest BCUT2D eigenvalue weighted by molar-refractivity contribution is 5.73. The molecule has 2 amide bonds. The lowest BCUT2D eigenvalue weighted by Gasteiger charge is -2.16. The number of nitrogens with zero attached hydrogens (tertiary/aromatic N) is 1. The third-order valence-corrected chi connectivity index (χ3v) is 2.39. The Morgan fingerprint density at radius 3 is 2.78 bits per heavy atom. The number of carbonyl (C=O) groups is 1. The van der Waals surface area contributed by atoms with Gasteiger partial charge in [0.15, 0.2) is 0 Å². The van der Waals surface area contributed by atoms with Crippen LogP contribution in [0.3, 0.4) is 0 Å². The highest BCUT2D eigenvalue weighted by Crippen LogP contribution is 2.07. The van der Waals surface area contributed by atoms with E-state index in [1.165, 1.54) is 4.90 Å². The molecule has 0 unspecified atom stereocenters. The molecular weight excluding hydrogens is 232 g/mol. The molecule has 1 aromatic rings. The van der Waals surface area contributed by atoms with Crippen molar-refractivity contribution in [3.63, 3.8) is 0 Å². The number of aliphatic hydroxyl groups excluding tert-OH is 1. The number of hydrogen-bond acceptors (Lipinski definition) is 3. The number of para-hydroxylation sites is 1. The zero-order valence-corrected chi connectivity index (χ0v) is 10.6. The largest absolute Gasteiger partial charge is 0.494 e. The summed E-state index contributed by atoms with van der Waals surface area (Å²) >= 11 is 0. The predicted octanol–water partition coefficient (Wildman–Crippen LogP) is 1.09. The van der Waals surface area contributed by atoms with E-state index in [0.29, 0.717) is 19.7 Å². The topological polar surface area (TPSA) is 61.8 Å². The molecule has 5 heteroatoms. The molecule has 0 aliphatic heterocycles. The van der Waals surface area contributed by atoms with Crippen LogP contribution in [0.1, 0.15) is 6.42 Å². The van der Waals surface area contributed by atoms with Crippen molar-refractivity contribution >= 4 is 6.03 Å². The lowest BCUT2D eigenvalue weighted by Crippen LogP contribution is -2.39. The van der Waals surface area contributed by atoms with Crippen LogP contribution in [-0.4, -0.2) is 49.4 Å². The number of rotatable bonds is 7. The number of hydrogen-bond donors (Lipinski definition) is 2. The molecule has 0 atom stereocenters. The third-order valence-electron chi connectivity index (χ3n) is 2.39. The summed E-state index contributed by atoms with van der Waals surface area (Å²) in [5.74, 6) is 0.834. The Labute approximate surface area is 107 Å². The molecule has 1 aromatic carbocycles. The van der Waals surface area contributed by atoms with Crippen LogP contribution in [0.5, 0.6) is 5.75 Å². The van der Waals surface area contributed by atoms with E-state index in [1.807, 2.05) is 30.3 Å². The van der Waals surface area contributed by atoms with Gasteiger partial charge in [0.2, 0.25) is 0 Å². The molecule has 0 aliphatic rings. The van der Waals surface area contributed by atoms with E-state index in [-0.39, 0.29) is 12.6 Å². The molecule has 0 radical (unpaired) electrons. The summed E-state index contributed by atoms with van der Waals surface area (Å²) in [6, 6.07) is 9.39. The molecule has 0 saturated carbocycles. The van der Waals surface area contributed by atoms with Crippen LogP contribution in [0.15, 0.2) is 30.3 Å². The number of nitrogens with one attached hydrogen (secondary N) is 1. The fourth-order valence-corrected chi connectivity index (χ4v) is 1.36. The summed E-state index contributed by atoms with van der Waals surface area (Å²) < 4.78 is 5.49. The Morgan fingerprint density at radius 1 is 1.39 bits per heavy atom. The Balaban J connectivity index is 2.07. The molecule has 18 heavy (non-hydrogen) atoms. The van der Waals surface area contributed by atoms with Gasteiger partial charge in [0, 0.05) is 20.1 Å². The average molecular weight is 252 g/mol. The third kappa shape index (κ3) is 5.54. The average Bonchev–Trinajstić information content (AvgIpc) is 2.39. The molecule has 0 spiro atoms. The van der Waals surface area contributed by atoms with E-state index in [1.54, 1.807) is 7.05 Å². The second kappa shape index (κ2) is 8.36. The van der Waals surface area contributed by atoms with E-state index >= 15 is 0 Å². The number of likely N-dealkylation sites (N-methyl/N-ethyl adjacent to an activating group) is 1. The van der Waals surface area contributed by atoms with E-state index in [2.05, 4.69) is 5.32 Å². The van der Waals surface area contributed by atoms with Crippen molar-refractivity contribution < 1.29 is 14.6 Å². The predicted molar refractivity (Wildman–Crippen MR) is 69.7 cm³/mol. The number of aliphatic hydroxyl groups is 1. The van der Waals surface area contributed by atoms with Gasteiger partial charge < -0.3 is 20.1 Å². The van der Waals surface area contributed by atoms with Crippen LogP contribution >= 0.6 is 0 Å². The van der Waals surface area contributed by atoms with E-state index in [0.717, 1.165) is 12.2 Å². The Bertz CT molecular complexity index is 343. The zero-order valence-electron chi connectivity index (χ0n) is 10.6. The Hall–Kier alpha value is -1.75. The van der Waals surface area contributed by atoms with E-state index in [9.17, 15) is 4.79 Å². The van der Waals surface area contributed by atoms with Crippen molar-refractivity contribution in [2.24, 2.45) is 0 Å². The molecule has 0 fully saturated rings. The minimum absolute atomic E-state index is 0.0267. The molecule has 0 bridgehead atoms. The zero-order chi connectivity index (χ0) is 13.2. The molecule has 1 rings (SSSR count). The monoisotopic (exact) mass is 252 g/mol. The van der Waals surface area contributed by atoms with Gasteiger partial charge in [-0.1, -0.05) is 18.2 Å². The molecular formula is C13H20N2O3. The first kappa shape index (κ1) is 14.3. The molecule has 5 nitrogen and oxygen atoms in total. The first-order valence-corrected chi connectivity index (χ1v) is 6.01. The minimum atomic E-state index is -0.177. The molecule has 0 aliphatic carbocycles. The molecule has 0 aromatic heterocycles. The maximum atomic E-state index is 11.4. The van der Waals surface area contributed by atoms with Gasteiger partial charge >= 0.3 is 6.03 Å². The van der Waals surface area contributed by atoms with E-state index in [4.69, 9.17) is 9.84 Å². The number of amides is 2. The minimum Gasteiger partial charge on any atom is -0.494 e. The van der Waals surface area contributed by atoms with Crippen molar-refractivity contribution in [2.45, 2.75) is 6.42 Å². The van der Waals surface area contributed by atoms with Crippen molar-refractivity contribution in [2.75, 3.05) is 33.4 Å². The van der Waals surface area contributed by atoms with Crippen molar-refractivity contribution in [1.29, 1.82) is 0 Å². The maximum absolute atomic E-state index is 11.4. The number of ether oxygens (including phenoxy) is 1. The van der Waals surface area contributed by atoms with Crippen LogP contribution in [0.25, 0.3) is 0 Å². The molecule has 2 N–H and O–H groups in total. The van der Waals surface area contributed by atoms with Crippen molar-refractivity contribution in [1.82, 2.24) is 10.2 Å². The maximum Gasteiger partial charge on any atom is 0.317 e. The summed E-state index contributed by atoms with van der Waals surface area (Å²) in [6.45, 7) is 1.43. The van der Waals surface area contributed by atoms with Gasteiger partial charge in [0.25, 0.3) is 0 Å². The van der Waals surface area contributed by atoms with Gasteiger partial charge in [-0.15, -0.1) is 0 Å². The smallest absolute Gasteiger partial charge is 0.317 e. The summed E-state index contributed by atoms with van der Waals surface area (Å²) in [6.07, 6.45) is 0.744. The molecule has 0 heterocycles. The van der Waals surface area contributed by atoms with Crippen LogP contribution in [0.4, 0.5) is 4.79 Å². The van der Waals surface area contributed by atoms with Gasteiger partial charge in [-0.25, -0.2) is 4.79 Å². The number of carbonyl (C=O) groups excluding carboxylic acids is 1.